The maximum atomic E-state index is 12.0. The molecular formula is C14H18BrNO3. The van der Waals surface area contributed by atoms with E-state index in [0.717, 1.165) is 35.2 Å². The summed E-state index contributed by atoms with van der Waals surface area (Å²) in [7, 11) is 1.64. The lowest BCUT2D eigenvalue weighted by atomic mass is 10.1. The molecule has 0 bridgehead atoms. The van der Waals surface area contributed by atoms with E-state index in [0.29, 0.717) is 13.0 Å². The predicted octanol–water partition coefficient (Wildman–Crippen LogP) is 3.10. The molecule has 104 valence electrons. The third-order valence-electron chi connectivity index (χ3n) is 3.12. The first-order chi connectivity index (χ1) is 9.20. The van der Waals surface area contributed by atoms with Crippen LogP contribution < -0.4 is 5.32 Å². The van der Waals surface area contributed by atoms with Crippen molar-refractivity contribution in [2.24, 2.45) is 0 Å². The van der Waals surface area contributed by atoms with E-state index in [2.05, 4.69) is 21.2 Å². The number of hydrogen-bond acceptors (Lipinski definition) is 3. The molecule has 2 rings (SSSR count). The Labute approximate surface area is 121 Å². The van der Waals surface area contributed by atoms with Gasteiger partial charge < -0.3 is 14.8 Å². The van der Waals surface area contributed by atoms with Gasteiger partial charge in [0, 0.05) is 29.4 Å². The van der Waals surface area contributed by atoms with Crippen molar-refractivity contribution in [3.8, 4) is 0 Å². The predicted molar refractivity (Wildman–Crippen MR) is 77.1 cm³/mol. The van der Waals surface area contributed by atoms with Gasteiger partial charge in [0.15, 0.2) is 0 Å². The maximum absolute atomic E-state index is 12.0. The Morgan fingerprint density at radius 1 is 1.58 bits per heavy atom. The summed E-state index contributed by atoms with van der Waals surface area (Å²) < 4.78 is 11.6. The molecule has 0 aliphatic carbocycles. The van der Waals surface area contributed by atoms with Gasteiger partial charge in [0.05, 0.1) is 19.1 Å². The topological polar surface area (TPSA) is 47.6 Å². The number of carbonyl (C=O) groups is 1. The maximum Gasteiger partial charge on any atom is 0.226 e. The average molecular weight is 328 g/mol. The lowest BCUT2D eigenvalue weighted by molar-refractivity contribution is -0.118. The Morgan fingerprint density at radius 3 is 3.11 bits per heavy atom. The van der Waals surface area contributed by atoms with Crippen LogP contribution in [0.3, 0.4) is 0 Å². The second kappa shape index (κ2) is 7.03. The van der Waals surface area contributed by atoms with Gasteiger partial charge in [-0.25, -0.2) is 0 Å². The van der Waals surface area contributed by atoms with E-state index in [-0.39, 0.29) is 12.0 Å². The Bertz CT molecular complexity index is 444. The molecule has 1 aromatic carbocycles. The monoisotopic (exact) mass is 327 g/mol. The first-order valence-electron chi connectivity index (χ1n) is 6.38. The molecule has 0 unspecified atom stereocenters. The lowest BCUT2D eigenvalue weighted by Crippen LogP contribution is -2.20. The highest BCUT2D eigenvalue weighted by Gasteiger charge is 2.19. The zero-order valence-electron chi connectivity index (χ0n) is 10.9. The highest BCUT2D eigenvalue weighted by atomic mass is 79.9. The van der Waals surface area contributed by atoms with Crippen molar-refractivity contribution in [1.82, 2.24) is 0 Å². The minimum atomic E-state index is -0.0117. The Hall–Kier alpha value is -0.910. The summed E-state index contributed by atoms with van der Waals surface area (Å²) >= 11 is 3.47. The van der Waals surface area contributed by atoms with Gasteiger partial charge in [0.1, 0.15) is 0 Å². The van der Waals surface area contributed by atoms with Gasteiger partial charge in [0.25, 0.3) is 0 Å². The number of hydrogen-bond donors (Lipinski definition) is 1. The molecule has 1 heterocycles. The summed E-state index contributed by atoms with van der Waals surface area (Å²) in [6.45, 7) is 1.22. The summed E-state index contributed by atoms with van der Waals surface area (Å²) in [6.07, 6.45) is 2.50. The fourth-order valence-corrected chi connectivity index (χ4v) is 2.66. The minimum Gasteiger partial charge on any atom is -0.380 e. The quantitative estimate of drug-likeness (QED) is 0.903. The molecule has 1 amide bonds. The number of carbonyl (C=O) groups excluding carboxylic acids is 1. The van der Waals surface area contributed by atoms with E-state index >= 15 is 0 Å². The van der Waals surface area contributed by atoms with Crippen LogP contribution in [-0.2, 0) is 20.9 Å². The van der Waals surface area contributed by atoms with Crippen LogP contribution in [0.1, 0.15) is 24.8 Å². The van der Waals surface area contributed by atoms with Gasteiger partial charge in [-0.1, -0.05) is 22.0 Å². The molecular weight excluding hydrogens is 310 g/mol. The SMILES string of the molecule is COCc1c(Br)cccc1NC(=O)C[C@H]1CCCO1. The zero-order valence-corrected chi connectivity index (χ0v) is 12.5. The number of nitrogens with one attached hydrogen (secondary N) is 1. The van der Waals surface area contributed by atoms with Crippen LogP contribution in [0.4, 0.5) is 5.69 Å². The summed E-state index contributed by atoms with van der Waals surface area (Å²) in [5.74, 6) is -0.0117. The van der Waals surface area contributed by atoms with Crippen molar-refractivity contribution < 1.29 is 14.3 Å². The van der Waals surface area contributed by atoms with Crippen molar-refractivity contribution >= 4 is 27.5 Å². The van der Waals surface area contributed by atoms with Crippen LogP contribution in [0.5, 0.6) is 0 Å². The molecule has 1 aromatic rings. The summed E-state index contributed by atoms with van der Waals surface area (Å²) in [4.78, 5) is 12.0. The second-order valence-electron chi connectivity index (χ2n) is 4.59. The van der Waals surface area contributed by atoms with Gasteiger partial charge in [-0.3, -0.25) is 4.79 Å². The van der Waals surface area contributed by atoms with E-state index in [1.165, 1.54) is 0 Å². The van der Waals surface area contributed by atoms with Gasteiger partial charge >= 0.3 is 0 Å². The number of amides is 1. The molecule has 1 aliphatic rings. The van der Waals surface area contributed by atoms with Crippen molar-refractivity contribution in [3.05, 3.63) is 28.2 Å². The van der Waals surface area contributed by atoms with Crippen LogP contribution in [0.15, 0.2) is 22.7 Å². The molecule has 0 aromatic heterocycles. The Morgan fingerprint density at radius 2 is 2.42 bits per heavy atom. The van der Waals surface area contributed by atoms with Crippen LogP contribution in [0, 0.1) is 0 Å². The number of methoxy groups -OCH3 is 1. The zero-order chi connectivity index (χ0) is 13.7. The normalized spacial score (nSPS) is 18.5. The third-order valence-corrected chi connectivity index (χ3v) is 3.86. The molecule has 1 saturated heterocycles. The molecule has 1 atom stereocenters. The van der Waals surface area contributed by atoms with Crippen molar-refractivity contribution in [2.45, 2.75) is 32.0 Å². The molecule has 0 saturated carbocycles. The fourth-order valence-electron chi connectivity index (χ4n) is 2.18. The number of halogens is 1. The second-order valence-corrected chi connectivity index (χ2v) is 5.44. The number of ether oxygens (including phenoxy) is 2. The molecule has 4 nitrogen and oxygen atoms in total. The average Bonchev–Trinajstić information content (AvgIpc) is 2.86. The van der Waals surface area contributed by atoms with Crippen LogP contribution in [0.25, 0.3) is 0 Å². The largest absolute Gasteiger partial charge is 0.380 e. The molecule has 1 fully saturated rings. The van der Waals surface area contributed by atoms with Gasteiger partial charge in [-0.2, -0.15) is 0 Å². The standard InChI is InChI=1S/C14H18BrNO3/c1-18-9-11-12(15)5-2-6-13(11)16-14(17)8-10-4-3-7-19-10/h2,5-6,10H,3-4,7-9H2,1H3,(H,16,17)/t10-/m1/s1. The molecule has 0 radical (unpaired) electrons. The third kappa shape index (κ3) is 4.03. The number of benzene rings is 1. The fraction of sp³-hybridized carbons (Fsp3) is 0.500. The highest BCUT2D eigenvalue weighted by molar-refractivity contribution is 9.10. The van der Waals surface area contributed by atoms with E-state index in [4.69, 9.17) is 9.47 Å². The molecule has 1 aliphatic heterocycles. The van der Waals surface area contributed by atoms with Crippen LogP contribution in [-0.4, -0.2) is 25.7 Å². The minimum absolute atomic E-state index is 0.0117. The number of anilines is 1. The van der Waals surface area contributed by atoms with Gasteiger partial charge in [0.2, 0.25) is 5.91 Å². The van der Waals surface area contributed by atoms with E-state index in [1.807, 2.05) is 18.2 Å². The van der Waals surface area contributed by atoms with Crippen LogP contribution >= 0.6 is 15.9 Å². The van der Waals surface area contributed by atoms with Gasteiger partial charge in [-0.15, -0.1) is 0 Å². The van der Waals surface area contributed by atoms with Gasteiger partial charge in [-0.05, 0) is 25.0 Å². The molecule has 19 heavy (non-hydrogen) atoms. The Kier molecular flexibility index (Phi) is 5.36. The van der Waals surface area contributed by atoms with Crippen molar-refractivity contribution in [3.63, 3.8) is 0 Å². The first-order valence-corrected chi connectivity index (χ1v) is 7.18. The number of rotatable bonds is 5. The van der Waals surface area contributed by atoms with Crippen molar-refractivity contribution in [1.29, 1.82) is 0 Å². The summed E-state index contributed by atoms with van der Waals surface area (Å²) in [6, 6.07) is 5.71. The van der Waals surface area contributed by atoms with E-state index < -0.39 is 0 Å². The first kappa shape index (κ1) is 14.5. The van der Waals surface area contributed by atoms with Crippen LogP contribution in [0.2, 0.25) is 0 Å². The Balaban J connectivity index is 2.01. The van der Waals surface area contributed by atoms with Crippen molar-refractivity contribution in [2.75, 3.05) is 19.0 Å². The van der Waals surface area contributed by atoms with E-state index in [9.17, 15) is 4.79 Å². The summed E-state index contributed by atoms with van der Waals surface area (Å²) in [5, 5.41) is 2.93. The smallest absolute Gasteiger partial charge is 0.226 e. The molecule has 5 heteroatoms. The lowest BCUT2D eigenvalue weighted by Gasteiger charge is -2.14. The molecule has 0 spiro atoms. The summed E-state index contributed by atoms with van der Waals surface area (Å²) in [5.41, 5.74) is 1.74. The molecule has 1 N–H and O–H groups in total. The highest BCUT2D eigenvalue weighted by Crippen LogP contribution is 2.26. The van der Waals surface area contributed by atoms with E-state index in [1.54, 1.807) is 7.11 Å².